The van der Waals surface area contributed by atoms with Gasteiger partial charge in [0.2, 0.25) is 0 Å². The molecule has 4 heteroatoms. The maximum atomic E-state index is 11.7. The van der Waals surface area contributed by atoms with E-state index in [9.17, 15) is 14.7 Å². The van der Waals surface area contributed by atoms with Gasteiger partial charge in [-0.1, -0.05) is 116 Å². The highest BCUT2D eigenvalue weighted by Crippen LogP contribution is 2.13. The van der Waals surface area contributed by atoms with E-state index >= 15 is 0 Å². The molecule has 0 amide bonds. The lowest BCUT2D eigenvalue weighted by molar-refractivity contribution is -0.144. The van der Waals surface area contributed by atoms with Crippen molar-refractivity contribution in [2.75, 3.05) is 6.61 Å². The number of hydrogen-bond donors (Lipinski definition) is 0. The average Bonchev–Trinajstić information content (AvgIpc) is 2.72. The SMILES string of the molecule is [CH2]CCCCCCCCCCCCCCCOC(=O)CCCCCCCCC([O])=O. The first-order valence-corrected chi connectivity index (χ1v) is 12.8. The molecule has 0 unspecified atom stereocenters. The van der Waals surface area contributed by atoms with E-state index in [1.807, 2.05) is 0 Å². The Morgan fingerprint density at radius 1 is 0.500 bits per heavy atom. The molecule has 4 nitrogen and oxygen atoms in total. The Morgan fingerprint density at radius 3 is 1.30 bits per heavy atom. The summed E-state index contributed by atoms with van der Waals surface area (Å²) < 4.78 is 5.31. The van der Waals surface area contributed by atoms with E-state index < -0.39 is 5.97 Å². The smallest absolute Gasteiger partial charge is 0.355 e. The minimum atomic E-state index is -0.963. The van der Waals surface area contributed by atoms with E-state index in [4.69, 9.17) is 4.74 Å². The Balaban J connectivity index is 3.15. The minimum absolute atomic E-state index is 0.0710. The van der Waals surface area contributed by atoms with E-state index in [1.54, 1.807) is 0 Å². The zero-order valence-corrected chi connectivity index (χ0v) is 19.6. The quantitative estimate of drug-likeness (QED) is 0.117. The van der Waals surface area contributed by atoms with Gasteiger partial charge >= 0.3 is 11.9 Å². The molecule has 0 aliphatic carbocycles. The Labute approximate surface area is 186 Å². The maximum Gasteiger partial charge on any atom is 0.355 e. The molecule has 0 N–H and O–H groups in total. The first-order chi connectivity index (χ1) is 14.7. The molecular formula is C26H48O4. The van der Waals surface area contributed by atoms with Gasteiger partial charge in [-0.25, -0.2) is 9.90 Å². The molecule has 0 aromatic carbocycles. The van der Waals surface area contributed by atoms with Gasteiger partial charge in [0, 0.05) is 6.42 Å². The van der Waals surface area contributed by atoms with Crippen LogP contribution in [0, 0.1) is 6.92 Å². The molecule has 0 saturated carbocycles. The van der Waals surface area contributed by atoms with Crippen molar-refractivity contribution in [3.05, 3.63) is 6.92 Å². The van der Waals surface area contributed by atoms with Crippen molar-refractivity contribution in [3.63, 3.8) is 0 Å². The largest absolute Gasteiger partial charge is 0.466 e. The van der Waals surface area contributed by atoms with Gasteiger partial charge < -0.3 is 4.74 Å². The van der Waals surface area contributed by atoms with Crippen LogP contribution in [0.3, 0.4) is 0 Å². The van der Waals surface area contributed by atoms with Gasteiger partial charge in [-0.15, -0.1) is 0 Å². The first-order valence-electron chi connectivity index (χ1n) is 12.8. The Morgan fingerprint density at radius 2 is 0.867 bits per heavy atom. The molecule has 0 spiro atoms. The highest BCUT2D eigenvalue weighted by Gasteiger charge is 2.03. The van der Waals surface area contributed by atoms with Gasteiger partial charge in [-0.3, -0.25) is 4.79 Å². The molecule has 0 aromatic rings. The molecule has 0 atom stereocenters. The predicted molar refractivity (Wildman–Crippen MR) is 124 cm³/mol. The summed E-state index contributed by atoms with van der Waals surface area (Å²) >= 11 is 0. The zero-order valence-electron chi connectivity index (χ0n) is 19.6. The third kappa shape index (κ3) is 25.0. The van der Waals surface area contributed by atoms with Gasteiger partial charge in [0.05, 0.1) is 13.0 Å². The monoisotopic (exact) mass is 424 g/mol. The number of carbonyl (C=O) groups is 2. The molecule has 0 bridgehead atoms. The third-order valence-electron chi connectivity index (χ3n) is 5.67. The second-order valence-electron chi connectivity index (χ2n) is 8.66. The van der Waals surface area contributed by atoms with Crippen LogP contribution in [0.1, 0.15) is 141 Å². The fourth-order valence-electron chi connectivity index (χ4n) is 3.73. The van der Waals surface area contributed by atoms with Crippen molar-refractivity contribution in [3.8, 4) is 0 Å². The van der Waals surface area contributed by atoms with Crippen molar-refractivity contribution in [2.24, 2.45) is 0 Å². The summed E-state index contributed by atoms with van der Waals surface area (Å²) in [6, 6.07) is 0. The van der Waals surface area contributed by atoms with Crippen molar-refractivity contribution in [1.82, 2.24) is 0 Å². The van der Waals surface area contributed by atoms with Crippen LogP contribution in [-0.4, -0.2) is 18.5 Å². The van der Waals surface area contributed by atoms with Gasteiger partial charge in [-0.2, -0.15) is 0 Å². The van der Waals surface area contributed by atoms with Gasteiger partial charge in [0.1, 0.15) is 0 Å². The normalized spacial score (nSPS) is 11.0. The number of hydrogen-bond acceptors (Lipinski definition) is 3. The maximum absolute atomic E-state index is 11.7. The van der Waals surface area contributed by atoms with Crippen LogP contribution >= 0.6 is 0 Å². The lowest BCUT2D eigenvalue weighted by atomic mass is 10.0. The summed E-state index contributed by atoms with van der Waals surface area (Å²) in [5, 5.41) is 10.3. The van der Waals surface area contributed by atoms with E-state index in [0.29, 0.717) is 19.4 Å². The molecule has 30 heavy (non-hydrogen) atoms. The van der Waals surface area contributed by atoms with E-state index in [-0.39, 0.29) is 12.4 Å². The fraction of sp³-hybridized carbons (Fsp3) is 0.885. The van der Waals surface area contributed by atoms with Gasteiger partial charge in [0.25, 0.3) is 0 Å². The average molecular weight is 425 g/mol. The number of carbonyl (C=O) groups excluding carboxylic acids is 2. The van der Waals surface area contributed by atoms with Gasteiger partial charge in [-0.05, 0) is 19.3 Å². The Hall–Kier alpha value is -1.06. The third-order valence-corrected chi connectivity index (χ3v) is 5.67. The second-order valence-corrected chi connectivity index (χ2v) is 8.66. The second kappa shape index (κ2) is 24.2. The molecule has 0 saturated heterocycles. The van der Waals surface area contributed by atoms with Crippen molar-refractivity contribution in [2.45, 2.75) is 141 Å². The number of rotatable bonds is 24. The molecule has 2 radical (unpaired) electrons. The first kappa shape index (κ1) is 28.9. The van der Waals surface area contributed by atoms with Crippen molar-refractivity contribution in [1.29, 1.82) is 0 Å². The number of unbranched alkanes of at least 4 members (excludes halogenated alkanes) is 18. The van der Waals surface area contributed by atoms with Crippen LogP contribution in [0.25, 0.3) is 0 Å². The summed E-state index contributed by atoms with van der Waals surface area (Å²) in [7, 11) is 0. The number of esters is 1. The predicted octanol–water partition coefficient (Wildman–Crippen LogP) is 7.90. The van der Waals surface area contributed by atoms with E-state index in [0.717, 1.165) is 51.4 Å². The molecule has 0 heterocycles. The molecular weight excluding hydrogens is 376 g/mol. The lowest BCUT2D eigenvalue weighted by Gasteiger charge is -2.05. The van der Waals surface area contributed by atoms with Crippen molar-refractivity contribution < 1.29 is 19.4 Å². The summed E-state index contributed by atoms with van der Waals surface area (Å²) in [5.74, 6) is -1.03. The Bertz CT molecular complexity index is 381. The standard InChI is InChI=1S/C26H48O4/c1-2-3-4-5-6-7-8-9-10-11-12-15-18-21-24-30-26(29)23-20-17-14-13-16-19-22-25(27)28/h1-24H2. The summed E-state index contributed by atoms with van der Waals surface area (Å²) in [4.78, 5) is 22.0. The van der Waals surface area contributed by atoms with Crippen LogP contribution in [0.4, 0.5) is 0 Å². The summed E-state index contributed by atoms with van der Waals surface area (Å²) in [6.45, 7) is 4.45. The fourth-order valence-corrected chi connectivity index (χ4v) is 3.73. The minimum Gasteiger partial charge on any atom is -0.466 e. The van der Waals surface area contributed by atoms with Crippen LogP contribution in [0.15, 0.2) is 0 Å². The molecule has 0 aliphatic rings. The molecule has 0 aliphatic heterocycles. The highest BCUT2D eigenvalue weighted by molar-refractivity contribution is 5.69. The zero-order chi connectivity index (χ0) is 22.1. The molecule has 0 rings (SSSR count). The Kier molecular flexibility index (Phi) is 23.4. The van der Waals surface area contributed by atoms with Crippen LogP contribution in [0.2, 0.25) is 0 Å². The van der Waals surface area contributed by atoms with Crippen LogP contribution < -0.4 is 0 Å². The summed E-state index contributed by atoms with van der Waals surface area (Å²) in [5.41, 5.74) is 0. The van der Waals surface area contributed by atoms with Crippen LogP contribution in [0.5, 0.6) is 0 Å². The summed E-state index contributed by atoms with van der Waals surface area (Å²) in [6.07, 6.45) is 24.3. The highest BCUT2D eigenvalue weighted by atomic mass is 16.5. The van der Waals surface area contributed by atoms with E-state index in [1.165, 1.54) is 70.6 Å². The number of ether oxygens (including phenoxy) is 1. The topological polar surface area (TPSA) is 63.3 Å². The van der Waals surface area contributed by atoms with Crippen LogP contribution in [-0.2, 0) is 19.4 Å². The van der Waals surface area contributed by atoms with Gasteiger partial charge in [0.15, 0.2) is 0 Å². The molecule has 0 fully saturated rings. The van der Waals surface area contributed by atoms with E-state index in [2.05, 4.69) is 6.92 Å². The van der Waals surface area contributed by atoms with Crippen molar-refractivity contribution >= 4 is 11.9 Å². The molecule has 176 valence electrons. The molecule has 0 aromatic heterocycles. The lowest BCUT2D eigenvalue weighted by Crippen LogP contribution is -2.05.